The Morgan fingerprint density at radius 3 is 2.82 bits per heavy atom. The number of hydrogen-bond donors (Lipinski definition) is 2. The van der Waals surface area contributed by atoms with Gasteiger partial charge in [0.2, 0.25) is 0 Å². The number of hydrogen-bond acceptors (Lipinski definition) is 3. The topological polar surface area (TPSA) is 69.9 Å². The number of benzene rings is 1. The Morgan fingerprint density at radius 2 is 2.06 bits per heavy atom. The van der Waals surface area contributed by atoms with E-state index in [1.165, 1.54) is 5.56 Å². The van der Waals surface area contributed by atoms with Gasteiger partial charge >= 0.3 is 0 Å². The van der Waals surface area contributed by atoms with Crippen molar-refractivity contribution in [1.29, 1.82) is 0 Å². The van der Waals surface area contributed by atoms with Crippen LogP contribution in [0, 0.1) is 0 Å². The largest absolute Gasteiger partial charge is 0.336 e. The standard InChI is InChI=1S/C13H18N4/c14-5-4-11-2-1-3-12(8-11)13-9-17(7-6-15)10-16-13/h1-3,8-10H,4-7,14-15H2. The van der Waals surface area contributed by atoms with E-state index in [0.717, 1.165) is 24.2 Å². The molecule has 1 aromatic carbocycles. The minimum atomic E-state index is 0.628. The molecule has 0 fully saturated rings. The van der Waals surface area contributed by atoms with Crippen LogP contribution in [0.15, 0.2) is 36.8 Å². The molecule has 0 radical (unpaired) electrons. The molecule has 0 bridgehead atoms. The summed E-state index contributed by atoms with van der Waals surface area (Å²) in [6.07, 6.45) is 4.74. The molecule has 4 nitrogen and oxygen atoms in total. The highest BCUT2D eigenvalue weighted by Crippen LogP contribution is 2.18. The molecule has 90 valence electrons. The average molecular weight is 230 g/mol. The molecule has 2 aromatic rings. The molecule has 0 aliphatic rings. The van der Waals surface area contributed by atoms with Crippen molar-refractivity contribution >= 4 is 0 Å². The minimum Gasteiger partial charge on any atom is -0.336 e. The Labute approximate surface area is 101 Å². The van der Waals surface area contributed by atoms with Crippen molar-refractivity contribution in [1.82, 2.24) is 9.55 Å². The van der Waals surface area contributed by atoms with Gasteiger partial charge < -0.3 is 16.0 Å². The van der Waals surface area contributed by atoms with Gasteiger partial charge in [-0.1, -0.05) is 18.2 Å². The Hall–Kier alpha value is -1.65. The van der Waals surface area contributed by atoms with Crippen LogP contribution < -0.4 is 11.5 Å². The average Bonchev–Trinajstić information content (AvgIpc) is 2.79. The van der Waals surface area contributed by atoms with Gasteiger partial charge in [0.05, 0.1) is 12.0 Å². The molecular formula is C13H18N4. The Kier molecular flexibility index (Phi) is 3.90. The molecule has 0 saturated heterocycles. The number of imidazole rings is 1. The van der Waals surface area contributed by atoms with E-state index < -0.39 is 0 Å². The summed E-state index contributed by atoms with van der Waals surface area (Å²) < 4.78 is 2.00. The van der Waals surface area contributed by atoms with Crippen LogP contribution in [0.1, 0.15) is 5.56 Å². The van der Waals surface area contributed by atoms with Gasteiger partial charge in [-0.3, -0.25) is 0 Å². The number of nitrogens with two attached hydrogens (primary N) is 2. The summed E-state index contributed by atoms with van der Waals surface area (Å²) in [5.41, 5.74) is 14.4. The van der Waals surface area contributed by atoms with Crippen molar-refractivity contribution < 1.29 is 0 Å². The fraction of sp³-hybridized carbons (Fsp3) is 0.308. The molecule has 17 heavy (non-hydrogen) atoms. The van der Waals surface area contributed by atoms with Crippen molar-refractivity contribution in [2.75, 3.05) is 13.1 Å². The van der Waals surface area contributed by atoms with Gasteiger partial charge in [0, 0.05) is 24.8 Å². The van der Waals surface area contributed by atoms with Gasteiger partial charge in [0.25, 0.3) is 0 Å². The van der Waals surface area contributed by atoms with Gasteiger partial charge in [0.15, 0.2) is 0 Å². The lowest BCUT2D eigenvalue weighted by molar-refractivity contribution is 0.708. The predicted molar refractivity (Wildman–Crippen MR) is 69.5 cm³/mol. The monoisotopic (exact) mass is 230 g/mol. The second-order valence-electron chi connectivity index (χ2n) is 4.02. The first-order valence-corrected chi connectivity index (χ1v) is 5.84. The molecule has 0 aliphatic carbocycles. The summed E-state index contributed by atoms with van der Waals surface area (Å²) in [7, 11) is 0. The fourth-order valence-corrected chi connectivity index (χ4v) is 1.83. The molecule has 1 heterocycles. The second-order valence-corrected chi connectivity index (χ2v) is 4.02. The van der Waals surface area contributed by atoms with Crippen LogP contribution in [0.5, 0.6) is 0 Å². The van der Waals surface area contributed by atoms with Gasteiger partial charge in [-0.15, -0.1) is 0 Å². The Bertz CT molecular complexity index is 476. The summed E-state index contributed by atoms with van der Waals surface area (Å²) >= 11 is 0. The summed E-state index contributed by atoms with van der Waals surface area (Å²) in [6.45, 7) is 2.10. The van der Waals surface area contributed by atoms with E-state index in [1.54, 1.807) is 0 Å². The SMILES string of the molecule is NCCc1cccc(-c2cn(CCN)cn2)c1. The lowest BCUT2D eigenvalue weighted by Crippen LogP contribution is -2.07. The molecule has 0 aliphatic heterocycles. The van der Waals surface area contributed by atoms with Crippen molar-refractivity contribution in [3.8, 4) is 11.3 Å². The maximum absolute atomic E-state index is 5.56. The normalized spacial score (nSPS) is 10.7. The van der Waals surface area contributed by atoms with E-state index in [9.17, 15) is 0 Å². The number of aromatic nitrogens is 2. The van der Waals surface area contributed by atoms with Crippen LogP contribution in [0.3, 0.4) is 0 Å². The van der Waals surface area contributed by atoms with Crippen LogP contribution in [-0.4, -0.2) is 22.6 Å². The van der Waals surface area contributed by atoms with E-state index in [-0.39, 0.29) is 0 Å². The lowest BCUT2D eigenvalue weighted by Gasteiger charge is -2.01. The van der Waals surface area contributed by atoms with E-state index >= 15 is 0 Å². The molecular weight excluding hydrogens is 212 g/mol. The first-order chi connectivity index (χ1) is 8.33. The highest BCUT2D eigenvalue weighted by Gasteiger charge is 2.02. The van der Waals surface area contributed by atoms with Crippen molar-refractivity contribution in [3.63, 3.8) is 0 Å². The minimum absolute atomic E-state index is 0.628. The molecule has 1 aromatic heterocycles. The van der Waals surface area contributed by atoms with Gasteiger partial charge in [0.1, 0.15) is 0 Å². The zero-order valence-corrected chi connectivity index (χ0v) is 9.84. The highest BCUT2D eigenvalue weighted by atomic mass is 15.0. The summed E-state index contributed by atoms with van der Waals surface area (Å²) in [5.74, 6) is 0. The van der Waals surface area contributed by atoms with E-state index in [2.05, 4.69) is 23.2 Å². The van der Waals surface area contributed by atoms with E-state index in [0.29, 0.717) is 13.1 Å². The molecule has 0 unspecified atom stereocenters. The fourth-order valence-electron chi connectivity index (χ4n) is 1.83. The Morgan fingerprint density at radius 1 is 1.18 bits per heavy atom. The number of nitrogens with zero attached hydrogens (tertiary/aromatic N) is 2. The van der Waals surface area contributed by atoms with Crippen LogP contribution in [0.25, 0.3) is 11.3 Å². The molecule has 0 saturated carbocycles. The number of rotatable bonds is 5. The van der Waals surface area contributed by atoms with Crippen molar-refractivity contribution in [2.24, 2.45) is 11.5 Å². The van der Waals surface area contributed by atoms with Gasteiger partial charge in [-0.05, 0) is 24.6 Å². The lowest BCUT2D eigenvalue weighted by atomic mass is 10.1. The van der Waals surface area contributed by atoms with Crippen LogP contribution >= 0.6 is 0 Å². The summed E-state index contributed by atoms with van der Waals surface area (Å²) in [5, 5.41) is 0. The van der Waals surface area contributed by atoms with Gasteiger partial charge in [-0.25, -0.2) is 4.98 Å². The van der Waals surface area contributed by atoms with E-state index in [1.807, 2.05) is 23.2 Å². The molecule has 2 rings (SSSR count). The summed E-state index contributed by atoms with van der Waals surface area (Å²) in [6, 6.07) is 8.34. The maximum atomic E-state index is 5.56. The Balaban J connectivity index is 2.22. The maximum Gasteiger partial charge on any atom is 0.0954 e. The highest BCUT2D eigenvalue weighted by molar-refractivity contribution is 5.59. The predicted octanol–water partition coefficient (Wildman–Crippen LogP) is 1.01. The first-order valence-electron chi connectivity index (χ1n) is 5.84. The smallest absolute Gasteiger partial charge is 0.0954 e. The quantitative estimate of drug-likeness (QED) is 0.805. The van der Waals surface area contributed by atoms with Gasteiger partial charge in [-0.2, -0.15) is 0 Å². The first kappa shape index (κ1) is 11.8. The molecule has 4 N–H and O–H groups in total. The third-order valence-electron chi connectivity index (χ3n) is 2.68. The molecule has 4 heteroatoms. The van der Waals surface area contributed by atoms with Crippen molar-refractivity contribution in [3.05, 3.63) is 42.4 Å². The summed E-state index contributed by atoms with van der Waals surface area (Å²) in [4.78, 5) is 4.38. The molecule has 0 spiro atoms. The molecule has 0 atom stereocenters. The van der Waals surface area contributed by atoms with Crippen molar-refractivity contribution in [2.45, 2.75) is 13.0 Å². The van der Waals surface area contributed by atoms with Crippen LogP contribution in [0.2, 0.25) is 0 Å². The zero-order valence-electron chi connectivity index (χ0n) is 9.84. The third-order valence-corrected chi connectivity index (χ3v) is 2.68. The van der Waals surface area contributed by atoms with Crippen LogP contribution in [-0.2, 0) is 13.0 Å². The second kappa shape index (κ2) is 5.61. The zero-order chi connectivity index (χ0) is 12.1. The van der Waals surface area contributed by atoms with Crippen LogP contribution in [0.4, 0.5) is 0 Å². The third kappa shape index (κ3) is 2.93. The molecule has 0 amide bonds. The van der Waals surface area contributed by atoms with E-state index in [4.69, 9.17) is 11.5 Å².